The molecule has 0 bridgehead atoms. The molecule has 0 aliphatic carbocycles. The number of fused-ring (bicyclic) bond motifs is 1. The van der Waals surface area contributed by atoms with Crippen LogP contribution in [0.3, 0.4) is 0 Å². The number of rotatable bonds is 1. The van der Waals surface area contributed by atoms with Gasteiger partial charge in [-0.2, -0.15) is 0 Å². The fourth-order valence-corrected chi connectivity index (χ4v) is 1.20. The third-order valence-corrected chi connectivity index (χ3v) is 1.92. The summed E-state index contributed by atoms with van der Waals surface area (Å²) < 4.78 is 0. The van der Waals surface area contributed by atoms with E-state index in [1.54, 1.807) is 6.33 Å². The van der Waals surface area contributed by atoms with Gasteiger partial charge in [-0.25, -0.2) is 4.98 Å². The monoisotopic (exact) mass is 161 g/mol. The van der Waals surface area contributed by atoms with Gasteiger partial charge in [-0.15, -0.1) is 0 Å². The number of aromatic amines is 1. The van der Waals surface area contributed by atoms with Gasteiger partial charge in [0.1, 0.15) is 0 Å². The summed E-state index contributed by atoms with van der Waals surface area (Å²) in [6.45, 7) is 0. The summed E-state index contributed by atoms with van der Waals surface area (Å²) in [4.78, 5) is 9.30. The van der Waals surface area contributed by atoms with Crippen molar-refractivity contribution in [2.24, 2.45) is 0 Å². The number of H-pyrrole nitrogens is 1. The highest BCUT2D eigenvalue weighted by atomic mass is 15.1. The molecule has 1 aromatic carbocycles. The van der Waals surface area contributed by atoms with Gasteiger partial charge in [-0.1, -0.05) is 0 Å². The Morgan fingerprint density at radius 1 is 1.33 bits per heavy atom. The molecule has 0 unspecified atom stereocenters. The molecule has 0 aliphatic heterocycles. The van der Waals surface area contributed by atoms with Crippen LogP contribution in [0.2, 0.25) is 0 Å². The fraction of sp³-hybridized carbons (Fsp3) is 0.222. The van der Waals surface area contributed by atoms with Crippen LogP contribution in [-0.4, -0.2) is 24.1 Å². The highest BCUT2D eigenvalue weighted by Crippen LogP contribution is 2.17. The first-order valence-electron chi connectivity index (χ1n) is 3.88. The molecule has 0 radical (unpaired) electrons. The molecule has 3 heteroatoms. The first kappa shape index (κ1) is 7.16. The highest BCUT2D eigenvalue weighted by Gasteiger charge is 1.98. The van der Waals surface area contributed by atoms with Gasteiger partial charge < -0.3 is 9.88 Å². The Bertz CT molecular complexity index is 389. The second kappa shape index (κ2) is 2.52. The minimum Gasteiger partial charge on any atom is -0.378 e. The predicted molar refractivity (Wildman–Crippen MR) is 50.4 cm³/mol. The average molecular weight is 161 g/mol. The summed E-state index contributed by atoms with van der Waals surface area (Å²) in [6.07, 6.45) is 1.71. The smallest absolute Gasteiger partial charge is 0.0931 e. The van der Waals surface area contributed by atoms with Crippen LogP contribution < -0.4 is 4.90 Å². The van der Waals surface area contributed by atoms with E-state index in [1.807, 2.05) is 20.2 Å². The van der Waals surface area contributed by atoms with Crippen molar-refractivity contribution in [1.82, 2.24) is 9.97 Å². The van der Waals surface area contributed by atoms with Crippen LogP contribution in [0.5, 0.6) is 0 Å². The van der Waals surface area contributed by atoms with E-state index in [1.165, 1.54) is 5.69 Å². The fourth-order valence-electron chi connectivity index (χ4n) is 1.20. The normalized spacial score (nSPS) is 10.5. The first-order chi connectivity index (χ1) is 5.77. The zero-order chi connectivity index (χ0) is 8.55. The minimum absolute atomic E-state index is 1.02. The Kier molecular flexibility index (Phi) is 1.50. The van der Waals surface area contributed by atoms with Gasteiger partial charge >= 0.3 is 0 Å². The van der Waals surface area contributed by atoms with Crippen molar-refractivity contribution in [1.29, 1.82) is 0 Å². The lowest BCUT2D eigenvalue weighted by molar-refractivity contribution is 1.13. The van der Waals surface area contributed by atoms with Crippen LogP contribution in [0, 0.1) is 0 Å². The van der Waals surface area contributed by atoms with Crippen LogP contribution in [0.1, 0.15) is 0 Å². The van der Waals surface area contributed by atoms with E-state index in [4.69, 9.17) is 0 Å². The van der Waals surface area contributed by atoms with Crippen LogP contribution in [0.15, 0.2) is 24.5 Å². The van der Waals surface area contributed by atoms with E-state index < -0.39 is 0 Å². The zero-order valence-electron chi connectivity index (χ0n) is 7.20. The highest BCUT2D eigenvalue weighted by molar-refractivity contribution is 5.78. The number of aromatic nitrogens is 2. The summed E-state index contributed by atoms with van der Waals surface area (Å²) in [5.41, 5.74) is 3.27. The van der Waals surface area contributed by atoms with Gasteiger partial charge in [0.2, 0.25) is 0 Å². The molecule has 3 nitrogen and oxygen atoms in total. The van der Waals surface area contributed by atoms with E-state index in [2.05, 4.69) is 27.0 Å². The molecule has 0 saturated heterocycles. The van der Waals surface area contributed by atoms with Crippen molar-refractivity contribution in [2.75, 3.05) is 19.0 Å². The summed E-state index contributed by atoms with van der Waals surface area (Å²) in [7, 11) is 4.04. The minimum atomic E-state index is 1.02. The Balaban J connectivity index is 2.60. The van der Waals surface area contributed by atoms with E-state index in [-0.39, 0.29) is 0 Å². The molecule has 2 aromatic rings. The molecule has 1 N–H and O–H groups in total. The van der Waals surface area contributed by atoms with E-state index in [0.29, 0.717) is 0 Å². The second-order valence-corrected chi connectivity index (χ2v) is 3.00. The number of imidazole rings is 1. The van der Waals surface area contributed by atoms with Crippen molar-refractivity contribution >= 4 is 16.7 Å². The molecule has 12 heavy (non-hydrogen) atoms. The molecule has 1 heterocycles. The zero-order valence-corrected chi connectivity index (χ0v) is 7.20. The largest absolute Gasteiger partial charge is 0.378 e. The number of nitrogens with zero attached hydrogens (tertiary/aromatic N) is 2. The van der Waals surface area contributed by atoms with Crippen molar-refractivity contribution < 1.29 is 0 Å². The molecule has 0 spiro atoms. The molecule has 2 rings (SSSR count). The molecule has 0 amide bonds. The number of nitrogens with one attached hydrogen (secondary N) is 1. The third-order valence-electron chi connectivity index (χ3n) is 1.92. The molecule has 1 aromatic heterocycles. The molecule has 0 saturated carbocycles. The number of anilines is 1. The van der Waals surface area contributed by atoms with E-state index >= 15 is 0 Å². The summed E-state index contributed by atoms with van der Waals surface area (Å²) in [5, 5.41) is 0. The maximum absolute atomic E-state index is 4.18. The topological polar surface area (TPSA) is 31.9 Å². The van der Waals surface area contributed by atoms with Crippen molar-refractivity contribution in [3.63, 3.8) is 0 Å². The lowest BCUT2D eigenvalue weighted by Crippen LogP contribution is -2.07. The van der Waals surface area contributed by atoms with Gasteiger partial charge in [-0.3, -0.25) is 0 Å². The quantitative estimate of drug-likeness (QED) is 0.689. The molecular weight excluding hydrogens is 150 g/mol. The number of hydrogen-bond donors (Lipinski definition) is 1. The average Bonchev–Trinajstić information content (AvgIpc) is 2.49. The van der Waals surface area contributed by atoms with E-state index in [9.17, 15) is 0 Å². The van der Waals surface area contributed by atoms with Crippen molar-refractivity contribution in [2.45, 2.75) is 0 Å². The summed E-state index contributed by atoms with van der Waals surface area (Å²) >= 11 is 0. The Morgan fingerprint density at radius 2 is 2.17 bits per heavy atom. The van der Waals surface area contributed by atoms with Crippen LogP contribution in [-0.2, 0) is 0 Å². The summed E-state index contributed by atoms with van der Waals surface area (Å²) in [5.74, 6) is 0. The van der Waals surface area contributed by atoms with Gasteiger partial charge in [0, 0.05) is 19.8 Å². The van der Waals surface area contributed by atoms with Crippen LogP contribution in [0.25, 0.3) is 11.0 Å². The molecule has 62 valence electrons. The third kappa shape index (κ3) is 1.03. The first-order valence-corrected chi connectivity index (χ1v) is 3.88. The van der Waals surface area contributed by atoms with Gasteiger partial charge in [0.05, 0.1) is 17.4 Å². The van der Waals surface area contributed by atoms with Crippen LogP contribution >= 0.6 is 0 Å². The lowest BCUT2D eigenvalue weighted by atomic mass is 10.2. The van der Waals surface area contributed by atoms with Crippen LogP contribution in [0.4, 0.5) is 5.69 Å². The molecular formula is C9H11N3. The van der Waals surface area contributed by atoms with Crippen molar-refractivity contribution in [3.8, 4) is 0 Å². The Hall–Kier alpha value is -1.51. The number of benzene rings is 1. The SMILES string of the molecule is CN(C)c1ccc2[nH]cnc2c1. The maximum atomic E-state index is 4.18. The standard InChI is InChI=1S/C9H11N3/c1-12(2)7-3-4-8-9(5-7)11-6-10-8/h3-6H,1-2H3,(H,10,11). The van der Waals surface area contributed by atoms with E-state index in [0.717, 1.165) is 11.0 Å². The maximum Gasteiger partial charge on any atom is 0.0931 e. The molecule has 0 fully saturated rings. The summed E-state index contributed by atoms with van der Waals surface area (Å²) in [6, 6.07) is 6.17. The number of hydrogen-bond acceptors (Lipinski definition) is 2. The second-order valence-electron chi connectivity index (χ2n) is 3.00. The Labute approximate surface area is 71.0 Å². The van der Waals surface area contributed by atoms with Gasteiger partial charge in [-0.05, 0) is 18.2 Å². The van der Waals surface area contributed by atoms with Gasteiger partial charge in [0.15, 0.2) is 0 Å². The molecule has 0 atom stereocenters. The van der Waals surface area contributed by atoms with Gasteiger partial charge in [0.25, 0.3) is 0 Å². The van der Waals surface area contributed by atoms with Crippen molar-refractivity contribution in [3.05, 3.63) is 24.5 Å². The molecule has 0 aliphatic rings. The lowest BCUT2D eigenvalue weighted by Gasteiger charge is -2.11. The Morgan fingerprint density at radius 3 is 2.92 bits per heavy atom. The predicted octanol–water partition coefficient (Wildman–Crippen LogP) is 1.63.